The van der Waals surface area contributed by atoms with E-state index in [0.717, 1.165) is 11.6 Å². The molecule has 0 unspecified atom stereocenters. The molecule has 0 saturated heterocycles. The zero-order valence-electron chi connectivity index (χ0n) is 8.30. The fraction of sp³-hybridized carbons (Fsp3) is 0.0909. The first-order chi connectivity index (χ1) is 7.74. The van der Waals surface area contributed by atoms with Crippen LogP contribution >= 0.6 is 0 Å². The van der Waals surface area contributed by atoms with Crippen LogP contribution in [0.5, 0.6) is 11.5 Å². The van der Waals surface area contributed by atoms with Gasteiger partial charge in [-0.2, -0.15) is 0 Å². The lowest BCUT2D eigenvalue weighted by atomic mass is 10.3. The molecule has 0 aliphatic heterocycles. The van der Waals surface area contributed by atoms with Crippen LogP contribution in [0.3, 0.4) is 0 Å². The van der Waals surface area contributed by atoms with Gasteiger partial charge in [-0.25, -0.2) is 14.4 Å². The fourth-order valence-electron chi connectivity index (χ4n) is 1.20. The van der Waals surface area contributed by atoms with Crippen LogP contribution in [0.25, 0.3) is 0 Å². The molecule has 1 heterocycles. The second kappa shape index (κ2) is 4.57. The molecule has 0 fully saturated rings. The lowest BCUT2D eigenvalue weighted by Gasteiger charge is -2.06. The molecule has 4 nitrogen and oxygen atoms in total. The Morgan fingerprint density at radius 1 is 1.19 bits per heavy atom. The quantitative estimate of drug-likeness (QED) is 0.858. The second-order valence-corrected chi connectivity index (χ2v) is 3.18. The van der Waals surface area contributed by atoms with Gasteiger partial charge in [0.15, 0.2) is 0 Å². The Labute approximate surface area is 91.4 Å². The Hall–Kier alpha value is -2.17. The monoisotopic (exact) mass is 220 g/mol. The first kappa shape index (κ1) is 10.4. The highest BCUT2D eigenvalue weighted by Crippen LogP contribution is 2.21. The first-order valence-electron chi connectivity index (χ1n) is 4.60. The summed E-state index contributed by atoms with van der Waals surface area (Å²) in [5, 5.41) is 9.15. The van der Waals surface area contributed by atoms with Gasteiger partial charge in [-0.05, 0) is 0 Å². The van der Waals surface area contributed by atoms with Gasteiger partial charge in [-0.1, -0.05) is 0 Å². The number of benzene rings is 1. The molecule has 2 aromatic rings. The summed E-state index contributed by atoms with van der Waals surface area (Å²) in [6, 6.07) is 3.55. The number of phenols is 1. The molecule has 2 rings (SSSR count). The average Bonchev–Trinajstić information content (AvgIpc) is 2.27. The molecule has 0 spiro atoms. The average molecular weight is 220 g/mol. The van der Waals surface area contributed by atoms with E-state index in [-0.39, 0.29) is 18.1 Å². The third kappa shape index (κ3) is 2.66. The van der Waals surface area contributed by atoms with Crippen LogP contribution in [-0.2, 0) is 6.61 Å². The van der Waals surface area contributed by atoms with Gasteiger partial charge in [-0.15, -0.1) is 0 Å². The lowest BCUT2D eigenvalue weighted by Crippen LogP contribution is -1.96. The maximum absolute atomic E-state index is 12.9. The van der Waals surface area contributed by atoms with Crippen molar-refractivity contribution in [2.75, 3.05) is 0 Å². The van der Waals surface area contributed by atoms with Gasteiger partial charge in [0, 0.05) is 36.2 Å². The van der Waals surface area contributed by atoms with Crippen molar-refractivity contribution in [3.8, 4) is 11.5 Å². The highest BCUT2D eigenvalue weighted by Gasteiger charge is 2.01. The molecule has 0 saturated carbocycles. The summed E-state index contributed by atoms with van der Waals surface area (Å²) < 4.78 is 18.2. The van der Waals surface area contributed by atoms with E-state index < -0.39 is 5.82 Å². The molecule has 0 atom stereocenters. The number of rotatable bonds is 3. The molecule has 0 amide bonds. The van der Waals surface area contributed by atoms with Crippen molar-refractivity contribution < 1.29 is 14.2 Å². The van der Waals surface area contributed by atoms with E-state index in [9.17, 15) is 4.39 Å². The van der Waals surface area contributed by atoms with Crippen molar-refractivity contribution in [2.45, 2.75) is 6.61 Å². The zero-order chi connectivity index (χ0) is 11.4. The van der Waals surface area contributed by atoms with E-state index in [1.54, 1.807) is 12.4 Å². The van der Waals surface area contributed by atoms with Crippen LogP contribution in [0.1, 0.15) is 5.56 Å². The van der Waals surface area contributed by atoms with Gasteiger partial charge in [0.05, 0.1) is 0 Å². The number of ether oxygens (including phenoxy) is 1. The van der Waals surface area contributed by atoms with Crippen LogP contribution in [0.4, 0.5) is 4.39 Å². The van der Waals surface area contributed by atoms with Gasteiger partial charge in [-0.3, -0.25) is 0 Å². The predicted molar refractivity (Wildman–Crippen MR) is 54.4 cm³/mol. The number of nitrogens with zero attached hydrogens (tertiary/aromatic N) is 2. The summed E-state index contributed by atoms with van der Waals surface area (Å²) >= 11 is 0. The van der Waals surface area contributed by atoms with E-state index in [4.69, 9.17) is 9.84 Å². The van der Waals surface area contributed by atoms with Gasteiger partial charge in [0.1, 0.15) is 30.3 Å². The number of hydrogen-bond donors (Lipinski definition) is 1. The van der Waals surface area contributed by atoms with Gasteiger partial charge < -0.3 is 9.84 Å². The Bertz CT molecular complexity index is 456. The Morgan fingerprint density at radius 3 is 2.62 bits per heavy atom. The molecule has 82 valence electrons. The molecule has 0 radical (unpaired) electrons. The summed E-state index contributed by atoms with van der Waals surface area (Å²) in [6.07, 6.45) is 4.62. The summed E-state index contributed by atoms with van der Waals surface area (Å²) in [5.41, 5.74) is 0.770. The highest BCUT2D eigenvalue weighted by atomic mass is 19.1. The molecule has 5 heteroatoms. The maximum atomic E-state index is 12.9. The van der Waals surface area contributed by atoms with Crippen LogP contribution in [-0.4, -0.2) is 15.1 Å². The van der Waals surface area contributed by atoms with Crippen LogP contribution in [0, 0.1) is 5.82 Å². The van der Waals surface area contributed by atoms with E-state index in [1.165, 1.54) is 18.5 Å². The SMILES string of the molecule is Oc1cc(F)cc(OCc2cncnc2)c1. The van der Waals surface area contributed by atoms with Gasteiger partial charge in [0.25, 0.3) is 0 Å². The van der Waals surface area contributed by atoms with Crippen LogP contribution in [0.2, 0.25) is 0 Å². The minimum atomic E-state index is -0.542. The number of halogens is 1. The second-order valence-electron chi connectivity index (χ2n) is 3.18. The van der Waals surface area contributed by atoms with Crippen molar-refractivity contribution in [2.24, 2.45) is 0 Å². The zero-order valence-corrected chi connectivity index (χ0v) is 8.30. The van der Waals surface area contributed by atoms with E-state index in [1.807, 2.05) is 0 Å². The highest BCUT2D eigenvalue weighted by molar-refractivity contribution is 5.32. The summed E-state index contributed by atoms with van der Waals surface area (Å²) in [5.74, 6) is -0.444. The smallest absolute Gasteiger partial charge is 0.130 e. The predicted octanol–water partition coefficient (Wildman–Crippen LogP) is 1.90. The summed E-state index contributed by atoms with van der Waals surface area (Å²) in [7, 11) is 0. The van der Waals surface area contributed by atoms with Crippen LogP contribution in [0.15, 0.2) is 36.9 Å². The fourth-order valence-corrected chi connectivity index (χ4v) is 1.20. The standard InChI is InChI=1S/C11H9FN2O2/c12-9-1-10(15)3-11(2-9)16-6-8-4-13-7-14-5-8/h1-5,7,15H,6H2. The molecule has 1 N–H and O–H groups in total. The Balaban J connectivity index is 2.05. The molecular formula is C11H9FN2O2. The van der Waals surface area contributed by atoms with Crippen molar-refractivity contribution in [3.63, 3.8) is 0 Å². The normalized spacial score (nSPS) is 10.1. The van der Waals surface area contributed by atoms with Crippen LogP contribution < -0.4 is 4.74 Å². The van der Waals surface area contributed by atoms with E-state index >= 15 is 0 Å². The Kier molecular flexibility index (Phi) is 2.95. The number of aromatic nitrogens is 2. The molecular weight excluding hydrogens is 211 g/mol. The van der Waals surface area contributed by atoms with E-state index in [0.29, 0.717) is 0 Å². The molecule has 1 aromatic carbocycles. The minimum absolute atomic E-state index is 0.167. The Morgan fingerprint density at radius 2 is 1.94 bits per heavy atom. The summed E-state index contributed by atoms with van der Waals surface area (Å²) in [4.78, 5) is 7.63. The molecule has 0 aliphatic rings. The van der Waals surface area contributed by atoms with Crippen molar-refractivity contribution >= 4 is 0 Å². The third-order valence-electron chi connectivity index (χ3n) is 1.88. The molecule has 0 aliphatic carbocycles. The minimum Gasteiger partial charge on any atom is -0.508 e. The van der Waals surface area contributed by atoms with Gasteiger partial charge in [0.2, 0.25) is 0 Å². The largest absolute Gasteiger partial charge is 0.508 e. The molecule has 1 aromatic heterocycles. The van der Waals surface area contributed by atoms with Gasteiger partial charge >= 0.3 is 0 Å². The maximum Gasteiger partial charge on any atom is 0.130 e. The van der Waals surface area contributed by atoms with Crippen molar-refractivity contribution in [3.05, 3.63) is 48.3 Å². The molecule has 0 bridgehead atoms. The lowest BCUT2D eigenvalue weighted by molar-refractivity contribution is 0.301. The number of phenolic OH excluding ortho intramolecular Hbond substituents is 1. The van der Waals surface area contributed by atoms with E-state index in [2.05, 4.69) is 9.97 Å². The first-order valence-corrected chi connectivity index (χ1v) is 4.60. The summed E-state index contributed by atoms with van der Waals surface area (Å²) in [6.45, 7) is 0.226. The van der Waals surface area contributed by atoms with Crippen molar-refractivity contribution in [1.82, 2.24) is 9.97 Å². The third-order valence-corrected chi connectivity index (χ3v) is 1.88. The van der Waals surface area contributed by atoms with Crippen molar-refractivity contribution in [1.29, 1.82) is 0 Å². The number of aromatic hydroxyl groups is 1. The topological polar surface area (TPSA) is 55.2 Å². The molecule has 16 heavy (non-hydrogen) atoms. The number of hydrogen-bond acceptors (Lipinski definition) is 4.